The van der Waals surface area contributed by atoms with Gasteiger partial charge in [0.05, 0.1) is 5.54 Å². The molecular weight excluding hydrogens is 384 g/mol. The molecule has 5 heteroatoms. The summed E-state index contributed by atoms with van der Waals surface area (Å²) in [5.41, 5.74) is 3.13. The molecule has 1 saturated carbocycles. The van der Waals surface area contributed by atoms with Crippen LogP contribution in [-0.4, -0.2) is 17.2 Å². The van der Waals surface area contributed by atoms with Crippen LogP contribution in [0.25, 0.3) is 11.1 Å². The van der Waals surface area contributed by atoms with Gasteiger partial charge in [-0.05, 0) is 65.6 Å². The fourth-order valence-electron chi connectivity index (χ4n) is 5.25. The number of hydrogen-bond donors (Lipinski definition) is 1. The molecule has 1 heterocycles. The predicted molar refractivity (Wildman–Crippen MR) is 112 cm³/mol. The van der Waals surface area contributed by atoms with Gasteiger partial charge in [0.25, 0.3) is 0 Å². The maximum atomic E-state index is 13.9. The molecule has 3 nitrogen and oxygen atoms in total. The molecule has 0 radical (unpaired) electrons. The maximum absolute atomic E-state index is 13.9. The summed E-state index contributed by atoms with van der Waals surface area (Å²) in [7, 11) is 0. The van der Waals surface area contributed by atoms with Crippen LogP contribution in [0.3, 0.4) is 0 Å². The van der Waals surface area contributed by atoms with Crippen LogP contribution in [-0.2, 0) is 22.4 Å². The lowest BCUT2D eigenvalue weighted by Gasteiger charge is -2.31. The van der Waals surface area contributed by atoms with E-state index in [1.807, 2.05) is 26.0 Å². The quantitative estimate of drug-likeness (QED) is 0.699. The second kappa shape index (κ2) is 7.93. The van der Waals surface area contributed by atoms with Crippen molar-refractivity contribution in [2.75, 3.05) is 0 Å². The van der Waals surface area contributed by atoms with Gasteiger partial charge in [-0.1, -0.05) is 51.3 Å². The van der Waals surface area contributed by atoms with E-state index in [-0.39, 0.29) is 11.7 Å². The smallest absolute Gasteiger partial charge is 0.235 e. The van der Waals surface area contributed by atoms with Crippen molar-refractivity contribution in [3.05, 3.63) is 58.7 Å². The zero-order valence-corrected chi connectivity index (χ0v) is 17.5. The van der Waals surface area contributed by atoms with Crippen LogP contribution in [0.2, 0.25) is 0 Å². The number of carbonyl (C=O) groups is 2. The first kappa shape index (κ1) is 20.7. The van der Waals surface area contributed by atoms with Crippen molar-refractivity contribution in [2.45, 2.75) is 70.3 Å². The van der Waals surface area contributed by atoms with E-state index in [0.717, 1.165) is 47.6 Å². The van der Waals surface area contributed by atoms with Crippen LogP contribution in [0.4, 0.5) is 8.78 Å². The third kappa shape index (κ3) is 3.24. The molecule has 1 atom stereocenters. The molecule has 158 valence electrons. The van der Waals surface area contributed by atoms with Crippen molar-refractivity contribution < 1.29 is 18.4 Å². The number of nitrogens with one attached hydrogen (secondary N) is 1. The number of Topliss-reactive ketones (excluding diaryl/α,β-unsaturated/α-hetero) is 1. The van der Waals surface area contributed by atoms with E-state index in [9.17, 15) is 18.4 Å². The number of rotatable bonds is 4. The van der Waals surface area contributed by atoms with Gasteiger partial charge >= 0.3 is 0 Å². The molecule has 30 heavy (non-hydrogen) atoms. The van der Waals surface area contributed by atoms with Crippen molar-refractivity contribution >= 4 is 11.7 Å². The SMILES string of the molecule is CCc1ccc(-c2ccc(F)c(F)c2)c(CC)c1C1C(=O)NC2(CCCCC2)C1=O. The monoisotopic (exact) mass is 411 g/mol. The van der Waals surface area contributed by atoms with E-state index < -0.39 is 23.1 Å². The Kier molecular flexibility index (Phi) is 5.48. The van der Waals surface area contributed by atoms with Crippen LogP contribution in [0.15, 0.2) is 30.3 Å². The maximum Gasteiger partial charge on any atom is 0.235 e. The highest BCUT2D eigenvalue weighted by Crippen LogP contribution is 2.43. The molecule has 1 aliphatic carbocycles. The molecule has 0 bridgehead atoms. The molecule has 1 aliphatic heterocycles. The summed E-state index contributed by atoms with van der Waals surface area (Å²) in [6.07, 6.45) is 5.62. The Balaban J connectivity index is 1.87. The van der Waals surface area contributed by atoms with Crippen LogP contribution >= 0.6 is 0 Å². The summed E-state index contributed by atoms with van der Waals surface area (Å²) in [5.74, 6) is -2.90. The molecule has 2 fully saturated rings. The Morgan fingerprint density at radius 3 is 2.33 bits per heavy atom. The van der Waals surface area contributed by atoms with Crippen molar-refractivity contribution in [1.82, 2.24) is 5.32 Å². The lowest BCUT2D eigenvalue weighted by Crippen LogP contribution is -2.47. The molecule has 1 spiro atoms. The Morgan fingerprint density at radius 1 is 0.967 bits per heavy atom. The van der Waals surface area contributed by atoms with Crippen LogP contribution < -0.4 is 5.32 Å². The van der Waals surface area contributed by atoms with Gasteiger partial charge in [-0.3, -0.25) is 9.59 Å². The van der Waals surface area contributed by atoms with Gasteiger partial charge < -0.3 is 5.32 Å². The van der Waals surface area contributed by atoms with E-state index >= 15 is 0 Å². The van der Waals surface area contributed by atoms with Gasteiger partial charge in [-0.25, -0.2) is 8.78 Å². The van der Waals surface area contributed by atoms with Gasteiger partial charge in [-0.2, -0.15) is 0 Å². The summed E-state index contributed by atoms with van der Waals surface area (Å²) in [4.78, 5) is 26.7. The number of ketones is 1. The van der Waals surface area contributed by atoms with Crippen molar-refractivity contribution in [1.29, 1.82) is 0 Å². The lowest BCUT2D eigenvalue weighted by atomic mass is 9.74. The molecule has 2 aliphatic rings. The molecule has 1 N–H and O–H groups in total. The predicted octanol–water partition coefficient (Wildman–Crippen LogP) is 5.24. The molecule has 1 saturated heterocycles. The van der Waals surface area contributed by atoms with Gasteiger partial charge in [0.1, 0.15) is 5.92 Å². The lowest BCUT2D eigenvalue weighted by molar-refractivity contribution is -0.125. The normalized spacial score (nSPS) is 20.6. The van der Waals surface area contributed by atoms with E-state index in [0.29, 0.717) is 31.2 Å². The van der Waals surface area contributed by atoms with Crippen LogP contribution in [0, 0.1) is 11.6 Å². The summed E-state index contributed by atoms with van der Waals surface area (Å²) in [6, 6.07) is 7.64. The van der Waals surface area contributed by atoms with Crippen molar-refractivity contribution in [2.24, 2.45) is 0 Å². The number of benzene rings is 2. The summed E-state index contributed by atoms with van der Waals surface area (Å²) >= 11 is 0. The van der Waals surface area contributed by atoms with E-state index in [1.165, 1.54) is 6.07 Å². The Labute approximate surface area is 175 Å². The van der Waals surface area contributed by atoms with Crippen LogP contribution in [0.1, 0.15) is 68.6 Å². The topological polar surface area (TPSA) is 46.2 Å². The van der Waals surface area contributed by atoms with Gasteiger partial charge in [0.2, 0.25) is 5.91 Å². The number of aryl methyl sites for hydroxylation is 1. The molecule has 0 aromatic heterocycles. The fourth-order valence-corrected chi connectivity index (χ4v) is 5.25. The Hall–Kier alpha value is -2.56. The van der Waals surface area contributed by atoms with Gasteiger partial charge in [0, 0.05) is 0 Å². The number of halogens is 2. The highest BCUT2D eigenvalue weighted by Gasteiger charge is 2.53. The highest BCUT2D eigenvalue weighted by atomic mass is 19.2. The second-order valence-corrected chi connectivity index (χ2v) is 8.43. The molecular formula is C25H27F2NO2. The molecule has 1 unspecified atom stereocenters. The first-order chi connectivity index (χ1) is 14.4. The zero-order chi connectivity index (χ0) is 21.5. The average Bonchev–Trinajstić information content (AvgIpc) is 2.98. The van der Waals surface area contributed by atoms with Gasteiger partial charge in [0.15, 0.2) is 17.4 Å². The largest absolute Gasteiger partial charge is 0.343 e. The number of hydrogen-bond acceptors (Lipinski definition) is 2. The first-order valence-electron chi connectivity index (χ1n) is 10.9. The zero-order valence-electron chi connectivity index (χ0n) is 17.5. The number of carbonyl (C=O) groups excluding carboxylic acids is 2. The molecule has 2 aromatic carbocycles. The minimum atomic E-state index is -0.911. The summed E-state index contributed by atoms with van der Waals surface area (Å²) in [5, 5.41) is 3.05. The van der Waals surface area contributed by atoms with E-state index in [1.54, 1.807) is 6.07 Å². The Bertz CT molecular complexity index is 1010. The minimum Gasteiger partial charge on any atom is -0.343 e. The first-order valence-corrected chi connectivity index (χ1v) is 10.9. The molecule has 1 amide bonds. The highest BCUT2D eigenvalue weighted by molar-refractivity contribution is 6.17. The fraction of sp³-hybridized carbons (Fsp3) is 0.440. The van der Waals surface area contributed by atoms with E-state index in [2.05, 4.69) is 5.32 Å². The molecule has 4 rings (SSSR count). The van der Waals surface area contributed by atoms with Gasteiger partial charge in [-0.15, -0.1) is 0 Å². The average molecular weight is 411 g/mol. The summed E-state index contributed by atoms with van der Waals surface area (Å²) < 4.78 is 27.4. The van der Waals surface area contributed by atoms with E-state index in [4.69, 9.17) is 0 Å². The third-order valence-corrected chi connectivity index (χ3v) is 6.77. The Morgan fingerprint density at radius 2 is 1.70 bits per heavy atom. The third-order valence-electron chi connectivity index (χ3n) is 6.77. The van der Waals surface area contributed by atoms with Crippen LogP contribution in [0.5, 0.6) is 0 Å². The molecule has 2 aromatic rings. The van der Waals surface area contributed by atoms with Crippen molar-refractivity contribution in [3.63, 3.8) is 0 Å². The van der Waals surface area contributed by atoms with Crippen molar-refractivity contribution in [3.8, 4) is 11.1 Å². The minimum absolute atomic E-state index is 0.0287. The standard InChI is InChI=1S/C25H27F2NO2/c1-3-15-8-10-18(16-9-11-19(26)20(27)14-16)17(4-2)21(15)22-23(29)25(28-24(22)30)12-6-5-7-13-25/h8-11,14,22H,3-7,12-13H2,1-2H3,(H,28,30). The second-order valence-electron chi connectivity index (χ2n) is 8.43. The summed E-state index contributed by atoms with van der Waals surface area (Å²) in [6.45, 7) is 3.97. The number of amides is 1.